The Morgan fingerprint density at radius 2 is 2.44 bits per heavy atom. The fourth-order valence-corrected chi connectivity index (χ4v) is 1.94. The standard InChI is InChI=1S/C11H14ClN3O/c1-3-15-7-8(6-14-15)10(13-2)9-4-5-16-11(9)12/h4-7,10,13H,3H2,1-2H3. The SMILES string of the molecule is CCn1cc(C(NC)c2ccoc2Cl)cn1. The maximum absolute atomic E-state index is 5.97. The van der Waals surface area contributed by atoms with Crippen molar-refractivity contribution in [2.45, 2.75) is 19.5 Å². The fraction of sp³-hybridized carbons (Fsp3) is 0.364. The van der Waals surface area contributed by atoms with Crippen LogP contribution in [-0.4, -0.2) is 16.8 Å². The zero-order valence-electron chi connectivity index (χ0n) is 9.27. The van der Waals surface area contributed by atoms with E-state index in [1.54, 1.807) is 6.26 Å². The van der Waals surface area contributed by atoms with Crippen LogP contribution >= 0.6 is 11.6 Å². The Balaban J connectivity index is 2.32. The maximum atomic E-state index is 5.97. The number of nitrogens with zero attached hydrogens (tertiary/aromatic N) is 2. The summed E-state index contributed by atoms with van der Waals surface area (Å²) in [5, 5.41) is 7.87. The molecule has 5 heteroatoms. The minimum atomic E-state index is 0.0200. The molecule has 1 unspecified atom stereocenters. The van der Waals surface area contributed by atoms with Crippen molar-refractivity contribution in [3.8, 4) is 0 Å². The smallest absolute Gasteiger partial charge is 0.198 e. The van der Waals surface area contributed by atoms with E-state index in [9.17, 15) is 0 Å². The Kier molecular flexibility index (Phi) is 3.31. The van der Waals surface area contributed by atoms with Crippen LogP contribution in [0, 0.1) is 0 Å². The topological polar surface area (TPSA) is 43.0 Å². The molecular formula is C11H14ClN3O. The molecule has 0 radical (unpaired) electrons. The molecule has 0 amide bonds. The van der Waals surface area contributed by atoms with E-state index in [1.165, 1.54) is 0 Å². The van der Waals surface area contributed by atoms with Crippen molar-refractivity contribution in [1.82, 2.24) is 15.1 Å². The first-order valence-corrected chi connectivity index (χ1v) is 5.56. The van der Waals surface area contributed by atoms with Crippen molar-refractivity contribution in [2.75, 3.05) is 7.05 Å². The third-order valence-corrected chi connectivity index (χ3v) is 2.86. The highest BCUT2D eigenvalue weighted by Gasteiger charge is 2.18. The first-order valence-electron chi connectivity index (χ1n) is 5.18. The number of rotatable bonds is 4. The zero-order valence-corrected chi connectivity index (χ0v) is 10.0. The molecule has 0 spiro atoms. The van der Waals surface area contributed by atoms with Crippen molar-refractivity contribution in [1.29, 1.82) is 0 Å². The highest BCUT2D eigenvalue weighted by molar-refractivity contribution is 6.29. The summed E-state index contributed by atoms with van der Waals surface area (Å²) in [6.45, 7) is 2.91. The van der Waals surface area contributed by atoms with Crippen molar-refractivity contribution in [3.05, 3.63) is 41.1 Å². The van der Waals surface area contributed by atoms with Gasteiger partial charge in [0.1, 0.15) is 0 Å². The maximum Gasteiger partial charge on any atom is 0.198 e. The van der Waals surface area contributed by atoms with Gasteiger partial charge in [0.05, 0.1) is 18.5 Å². The average Bonchev–Trinajstić information content (AvgIpc) is 2.90. The van der Waals surface area contributed by atoms with Gasteiger partial charge >= 0.3 is 0 Å². The van der Waals surface area contributed by atoms with Crippen LogP contribution in [0.2, 0.25) is 5.22 Å². The number of aryl methyl sites for hydroxylation is 1. The minimum absolute atomic E-state index is 0.0200. The predicted octanol–water partition coefficient (Wildman–Crippen LogP) is 2.46. The summed E-state index contributed by atoms with van der Waals surface area (Å²) in [5.41, 5.74) is 2.01. The second kappa shape index (κ2) is 4.72. The van der Waals surface area contributed by atoms with Gasteiger partial charge in [0.2, 0.25) is 0 Å². The lowest BCUT2D eigenvalue weighted by Gasteiger charge is -2.12. The largest absolute Gasteiger partial charge is 0.453 e. The molecule has 86 valence electrons. The van der Waals surface area contributed by atoms with E-state index in [0.29, 0.717) is 5.22 Å². The quantitative estimate of drug-likeness (QED) is 0.891. The molecule has 0 aliphatic carbocycles. The highest BCUT2D eigenvalue weighted by atomic mass is 35.5. The van der Waals surface area contributed by atoms with Gasteiger partial charge in [-0.2, -0.15) is 5.10 Å². The van der Waals surface area contributed by atoms with Gasteiger partial charge in [-0.05, 0) is 31.6 Å². The van der Waals surface area contributed by atoms with Crippen molar-refractivity contribution < 1.29 is 4.42 Å². The normalized spacial score (nSPS) is 12.9. The van der Waals surface area contributed by atoms with Gasteiger partial charge in [0, 0.05) is 23.9 Å². The minimum Gasteiger partial charge on any atom is -0.453 e. The van der Waals surface area contributed by atoms with Gasteiger partial charge in [-0.25, -0.2) is 0 Å². The lowest BCUT2D eigenvalue weighted by Crippen LogP contribution is -2.16. The summed E-state index contributed by atoms with van der Waals surface area (Å²) in [7, 11) is 1.89. The lowest BCUT2D eigenvalue weighted by atomic mass is 10.1. The number of hydrogen-bond donors (Lipinski definition) is 1. The van der Waals surface area contributed by atoms with Gasteiger partial charge < -0.3 is 9.73 Å². The monoisotopic (exact) mass is 239 g/mol. The van der Waals surface area contributed by atoms with E-state index < -0.39 is 0 Å². The molecule has 2 aromatic rings. The van der Waals surface area contributed by atoms with Gasteiger partial charge in [-0.15, -0.1) is 0 Å². The van der Waals surface area contributed by atoms with Crippen LogP contribution in [0.5, 0.6) is 0 Å². The third-order valence-electron chi connectivity index (χ3n) is 2.56. The van der Waals surface area contributed by atoms with Gasteiger partial charge in [0.25, 0.3) is 0 Å². The Hall–Kier alpha value is -1.26. The van der Waals surface area contributed by atoms with Crippen LogP contribution in [0.4, 0.5) is 0 Å². The molecule has 1 N–H and O–H groups in total. The highest BCUT2D eigenvalue weighted by Crippen LogP contribution is 2.28. The van der Waals surface area contributed by atoms with Crippen molar-refractivity contribution in [3.63, 3.8) is 0 Å². The molecule has 16 heavy (non-hydrogen) atoms. The molecule has 2 aromatic heterocycles. The lowest BCUT2D eigenvalue weighted by molar-refractivity contribution is 0.559. The molecule has 0 bridgehead atoms. The summed E-state index contributed by atoms with van der Waals surface area (Å²) in [6, 6.07) is 1.89. The Labute approximate surface area is 99.2 Å². The van der Waals surface area contributed by atoms with Crippen LogP contribution in [0.1, 0.15) is 24.1 Å². The molecule has 4 nitrogen and oxygen atoms in total. The Bertz CT molecular complexity index is 463. The molecular weight excluding hydrogens is 226 g/mol. The van der Waals surface area contributed by atoms with Crippen LogP contribution in [0.15, 0.2) is 29.1 Å². The van der Waals surface area contributed by atoms with E-state index in [0.717, 1.165) is 17.7 Å². The number of halogens is 1. The molecule has 2 rings (SSSR count). The summed E-state index contributed by atoms with van der Waals surface area (Å²) in [4.78, 5) is 0. The Morgan fingerprint density at radius 3 is 2.94 bits per heavy atom. The molecule has 0 aliphatic rings. The van der Waals surface area contributed by atoms with Crippen molar-refractivity contribution in [2.24, 2.45) is 0 Å². The van der Waals surface area contributed by atoms with E-state index >= 15 is 0 Å². The number of nitrogens with one attached hydrogen (secondary N) is 1. The number of furan rings is 1. The third kappa shape index (κ3) is 1.99. The molecule has 1 atom stereocenters. The first kappa shape index (κ1) is 11.2. The van der Waals surface area contributed by atoms with Crippen LogP contribution < -0.4 is 5.32 Å². The molecule has 2 heterocycles. The van der Waals surface area contributed by atoms with Crippen LogP contribution in [0.3, 0.4) is 0 Å². The van der Waals surface area contributed by atoms with E-state index in [4.69, 9.17) is 16.0 Å². The summed E-state index contributed by atoms with van der Waals surface area (Å²) in [6.07, 6.45) is 5.44. The van der Waals surface area contributed by atoms with E-state index in [1.807, 2.05) is 30.2 Å². The summed E-state index contributed by atoms with van der Waals surface area (Å²) in [5.74, 6) is 0. The molecule has 0 aliphatic heterocycles. The zero-order chi connectivity index (χ0) is 11.5. The predicted molar refractivity (Wildman–Crippen MR) is 62.5 cm³/mol. The molecule has 0 aromatic carbocycles. The summed E-state index contributed by atoms with van der Waals surface area (Å²) >= 11 is 5.97. The molecule has 0 saturated heterocycles. The second-order valence-corrected chi connectivity index (χ2v) is 3.84. The molecule has 0 saturated carbocycles. The average molecular weight is 240 g/mol. The summed E-state index contributed by atoms with van der Waals surface area (Å²) < 4.78 is 6.98. The second-order valence-electron chi connectivity index (χ2n) is 3.50. The van der Waals surface area contributed by atoms with E-state index in [2.05, 4.69) is 17.3 Å². The Morgan fingerprint density at radius 1 is 1.62 bits per heavy atom. The van der Waals surface area contributed by atoms with Gasteiger partial charge in [-0.3, -0.25) is 4.68 Å². The van der Waals surface area contributed by atoms with Gasteiger partial charge in [-0.1, -0.05) is 0 Å². The van der Waals surface area contributed by atoms with Crippen LogP contribution in [0.25, 0.3) is 0 Å². The first-order chi connectivity index (χ1) is 7.76. The number of aromatic nitrogens is 2. The van der Waals surface area contributed by atoms with E-state index in [-0.39, 0.29) is 6.04 Å². The number of hydrogen-bond acceptors (Lipinski definition) is 3. The molecule has 0 fully saturated rings. The fourth-order valence-electron chi connectivity index (χ4n) is 1.71. The van der Waals surface area contributed by atoms with Crippen molar-refractivity contribution >= 4 is 11.6 Å². The van der Waals surface area contributed by atoms with Crippen LogP contribution in [-0.2, 0) is 6.54 Å². The van der Waals surface area contributed by atoms with Gasteiger partial charge in [0.15, 0.2) is 5.22 Å².